The van der Waals surface area contributed by atoms with Crippen molar-refractivity contribution in [2.45, 2.75) is 24.9 Å². The molecule has 0 bridgehead atoms. The highest BCUT2D eigenvalue weighted by molar-refractivity contribution is 5.98. The zero-order valence-corrected chi connectivity index (χ0v) is 10.5. The van der Waals surface area contributed by atoms with Crippen molar-refractivity contribution in [3.05, 3.63) is 24.0 Å². The molecule has 0 radical (unpaired) electrons. The Bertz CT molecular complexity index is 497. The van der Waals surface area contributed by atoms with Crippen molar-refractivity contribution in [1.29, 1.82) is 0 Å². The van der Waals surface area contributed by atoms with E-state index in [-0.39, 0.29) is 23.9 Å². The number of hydrogen-bond acceptors (Lipinski definition) is 5. The molecule has 0 unspecified atom stereocenters. The van der Waals surface area contributed by atoms with Gasteiger partial charge in [0.2, 0.25) is 0 Å². The monoisotopic (exact) mass is 261 g/mol. The van der Waals surface area contributed by atoms with Gasteiger partial charge in [-0.3, -0.25) is 9.59 Å². The molecule has 19 heavy (non-hydrogen) atoms. The van der Waals surface area contributed by atoms with E-state index in [0.29, 0.717) is 19.6 Å². The first-order chi connectivity index (χ1) is 9.21. The van der Waals surface area contributed by atoms with Gasteiger partial charge in [-0.1, -0.05) is 0 Å². The highest BCUT2D eigenvalue weighted by Gasteiger charge is 2.46. The molecule has 1 aromatic heterocycles. The van der Waals surface area contributed by atoms with E-state index >= 15 is 0 Å². The third-order valence-electron chi connectivity index (χ3n) is 3.81. The van der Waals surface area contributed by atoms with Crippen molar-refractivity contribution in [2.24, 2.45) is 0 Å². The van der Waals surface area contributed by atoms with Crippen LogP contribution in [0.5, 0.6) is 0 Å². The lowest BCUT2D eigenvalue weighted by Crippen LogP contribution is -2.53. The fourth-order valence-electron chi connectivity index (χ4n) is 2.72. The summed E-state index contributed by atoms with van der Waals surface area (Å²) in [4.78, 5) is 25.9. The average molecular weight is 261 g/mol. The van der Waals surface area contributed by atoms with Crippen LogP contribution >= 0.6 is 0 Å². The fourth-order valence-corrected chi connectivity index (χ4v) is 2.72. The molecule has 1 aromatic rings. The smallest absolute Gasteiger partial charge is 0.274 e. The predicted octanol–water partition coefficient (Wildman–Crippen LogP) is 0.441. The topological polar surface area (TPSA) is 72.4 Å². The minimum atomic E-state index is -0.626. The van der Waals surface area contributed by atoms with E-state index < -0.39 is 5.60 Å². The van der Waals surface area contributed by atoms with Gasteiger partial charge in [-0.2, -0.15) is 5.10 Å². The molecule has 3 heterocycles. The van der Waals surface area contributed by atoms with E-state index in [1.807, 2.05) is 0 Å². The standard InChI is InChI=1S/C13H15N3O3/c17-11-9-16(7-5-13(11)4-2-8-19-13)12(18)10-3-1-6-14-15-10/h1,3,6H,2,4-5,7-9H2/t13-/m1/s1. The number of hydrogen-bond donors (Lipinski definition) is 0. The second kappa shape index (κ2) is 4.70. The Morgan fingerprint density at radius 2 is 2.32 bits per heavy atom. The van der Waals surface area contributed by atoms with Gasteiger partial charge in [0, 0.05) is 25.8 Å². The molecule has 3 rings (SSSR count). The summed E-state index contributed by atoms with van der Waals surface area (Å²) < 4.78 is 5.61. The zero-order valence-electron chi connectivity index (χ0n) is 10.5. The summed E-state index contributed by atoms with van der Waals surface area (Å²) in [6, 6.07) is 3.27. The molecule has 1 atom stereocenters. The molecule has 0 N–H and O–H groups in total. The van der Waals surface area contributed by atoms with Crippen molar-refractivity contribution < 1.29 is 14.3 Å². The Morgan fingerprint density at radius 3 is 2.95 bits per heavy atom. The summed E-state index contributed by atoms with van der Waals surface area (Å²) in [5.74, 6) is -0.234. The number of ketones is 1. The lowest BCUT2D eigenvalue weighted by Gasteiger charge is -2.36. The van der Waals surface area contributed by atoms with Gasteiger partial charge in [-0.05, 0) is 25.0 Å². The number of Topliss-reactive ketones (excluding diaryl/α,β-unsaturated/α-hetero) is 1. The van der Waals surface area contributed by atoms with Crippen LogP contribution in [0.15, 0.2) is 18.3 Å². The Labute approximate surface area is 110 Å². The van der Waals surface area contributed by atoms with Crippen LogP contribution in [0.3, 0.4) is 0 Å². The third kappa shape index (κ3) is 2.12. The normalized spacial score (nSPS) is 26.9. The third-order valence-corrected chi connectivity index (χ3v) is 3.81. The molecular formula is C13H15N3O3. The Balaban J connectivity index is 1.72. The van der Waals surface area contributed by atoms with Crippen LogP contribution in [0.2, 0.25) is 0 Å². The lowest BCUT2D eigenvalue weighted by molar-refractivity contribution is -0.144. The first-order valence-electron chi connectivity index (χ1n) is 6.45. The molecule has 6 nitrogen and oxygen atoms in total. The molecular weight excluding hydrogens is 246 g/mol. The predicted molar refractivity (Wildman–Crippen MR) is 65.5 cm³/mol. The number of nitrogens with zero attached hydrogens (tertiary/aromatic N) is 3. The summed E-state index contributed by atoms with van der Waals surface area (Å²) in [5, 5.41) is 7.47. The Morgan fingerprint density at radius 1 is 1.42 bits per heavy atom. The molecule has 2 fully saturated rings. The zero-order chi connectivity index (χ0) is 13.3. The van der Waals surface area contributed by atoms with E-state index in [2.05, 4.69) is 10.2 Å². The van der Waals surface area contributed by atoms with Gasteiger partial charge >= 0.3 is 0 Å². The number of likely N-dealkylation sites (tertiary alicyclic amines) is 1. The molecule has 0 aromatic carbocycles. The van der Waals surface area contributed by atoms with Crippen LogP contribution in [0.4, 0.5) is 0 Å². The summed E-state index contributed by atoms with van der Waals surface area (Å²) in [6.07, 6.45) is 3.79. The number of ether oxygens (including phenoxy) is 1. The SMILES string of the molecule is O=C(c1cccnn1)N1CC[C@]2(CCCO2)C(=O)C1. The number of carbonyl (C=O) groups is 2. The number of amides is 1. The maximum atomic E-state index is 12.2. The fraction of sp³-hybridized carbons (Fsp3) is 0.538. The number of piperidine rings is 1. The molecule has 0 saturated carbocycles. The van der Waals surface area contributed by atoms with Crippen LogP contribution in [-0.4, -0.2) is 52.1 Å². The summed E-state index contributed by atoms with van der Waals surface area (Å²) in [6.45, 7) is 1.28. The van der Waals surface area contributed by atoms with Gasteiger partial charge in [0.15, 0.2) is 11.5 Å². The average Bonchev–Trinajstić information content (AvgIpc) is 2.92. The molecule has 2 aliphatic rings. The van der Waals surface area contributed by atoms with Crippen molar-refractivity contribution in [3.63, 3.8) is 0 Å². The minimum absolute atomic E-state index is 0.00786. The Kier molecular flexibility index (Phi) is 3.02. The highest BCUT2D eigenvalue weighted by Crippen LogP contribution is 2.33. The number of carbonyl (C=O) groups excluding carboxylic acids is 2. The molecule has 100 valence electrons. The quantitative estimate of drug-likeness (QED) is 0.733. The van der Waals surface area contributed by atoms with Crippen molar-refractivity contribution in [3.8, 4) is 0 Å². The maximum absolute atomic E-state index is 12.2. The van der Waals surface area contributed by atoms with E-state index in [9.17, 15) is 9.59 Å². The van der Waals surface area contributed by atoms with Gasteiger partial charge in [-0.15, -0.1) is 5.10 Å². The van der Waals surface area contributed by atoms with Crippen LogP contribution in [0.1, 0.15) is 29.8 Å². The molecule has 1 spiro atoms. The lowest BCUT2D eigenvalue weighted by atomic mass is 9.87. The molecule has 1 amide bonds. The number of rotatable bonds is 1. The highest BCUT2D eigenvalue weighted by atomic mass is 16.5. The van der Waals surface area contributed by atoms with Crippen LogP contribution in [0.25, 0.3) is 0 Å². The molecule has 2 aliphatic heterocycles. The summed E-state index contributed by atoms with van der Waals surface area (Å²) >= 11 is 0. The van der Waals surface area contributed by atoms with Crippen LogP contribution in [0, 0.1) is 0 Å². The van der Waals surface area contributed by atoms with Crippen molar-refractivity contribution in [2.75, 3.05) is 19.7 Å². The largest absolute Gasteiger partial charge is 0.367 e. The maximum Gasteiger partial charge on any atom is 0.274 e. The van der Waals surface area contributed by atoms with Gasteiger partial charge in [-0.25, -0.2) is 0 Å². The molecule has 2 saturated heterocycles. The van der Waals surface area contributed by atoms with E-state index in [0.717, 1.165) is 12.8 Å². The van der Waals surface area contributed by atoms with E-state index in [1.165, 1.54) is 11.1 Å². The first kappa shape index (κ1) is 12.2. The van der Waals surface area contributed by atoms with Gasteiger partial charge in [0.05, 0.1) is 6.54 Å². The van der Waals surface area contributed by atoms with Crippen molar-refractivity contribution >= 4 is 11.7 Å². The Hall–Kier alpha value is -1.82. The molecule has 0 aliphatic carbocycles. The minimum Gasteiger partial charge on any atom is -0.367 e. The second-order valence-electron chi connectivity index (χ2n) is 4.96. The van der Waals surface area contributed by atoms with Gasteiger partial charge in [0.25, 0.3) is 5.91 Å². The first-order valence-corrected chi connectivity index (χ1v) is 6.45. The van der Waals surface area contributed by atoms with Crippen molar-refractivity contribution in [1.82, 2.24) is 15.1 Å². The van der Waals surface area contributed by atoms with Gasteiger partial charge < -0.3 is 9.64 Å². The van der Waals surface area contributed by atoms with Crippen LogP contribution in [-0.2, 0) is 9.53 Å². The van der Waals surface area contributed by atoms with E-state index in [4.69, 9.17) is 4.74 Å². The van der Waals surface area contributed by atoms with E-state index in [1.54, 1.807) is 12.1 Å². The summed E-state index contributed by atoms with van der Waals surface area (Å²) in [5.41, 5.74) is -0.349. The molecule has 6 heteroatoms. The second-order valence-corrected chi connectivity index (χ2v) is 4.96. The number of aromatic nitrogens is 2. The summed E-state index contributed by atoms with van der Waals surface area (Å²) in [7, 11) is 0. The van der Waals surface area contributed by atoms with Gasteiger partial charge in [0.1, 0.15) is 5.60 Å². The van der Waals surface area contributed by atoms with Crippen LogP contribution < -0.4 is 0 Å².